The van der Waals surface area contributed by atoms with E-state index >= 15 is 0 Å². The van der Waals surface area contributed by atoms with Crippen molar-refractivity contribution < 1.29 is 9.90 Å². The van der Waals surface area contributed by atoms with E-state index in [9.17, 15) is 9.90 Å². The highest BCUT2D eigenvalue weighted by molar-refractivity contribution is 5.74. The van der Waals surface area contributed by atoms with Crippen molar-refractivity contribution in [2.24, 2.45) is 0 Å². The van der Waals surface area contributed by atoms with Gasteiger partial charge in [-0.05, 0) is 6.07 Å². The minimum Gasteiger partial charge on any atom is -0.480 e. The summed E-state index contributed by atoms with van der Waals surface area (Å²) in [4.78, 5) is 30.7. The lowest BCUT2D eigenvalue weighted by atomic mass is 10.1. The van der Waals surface area contributed by atoms with Gasteiger partial charge in [-0.25, -0.2) is 15.0 Å². The first-order chi connectivity index (χ1) is 10.2. The molecule has 1 aliphatic rings. The Kier molecular flexibility index (Phi) is 3.78. The average molecular weight is 288 g/mol. The lowest BCUT2D eigenvalue weighted by Crippen LogP contribution is -2.56. The minimum atomic E-state index is -0.838. The number of anilines is 1. The first-order valence-electron chi connectivity index (χ1n) is 6.70. The molecule has 0 aliphatic carbocycles. The highest BCUT2D eigenvalue weighted by Crippen LogP contribution is 2.16. The Balaban J connectivity index is 1.73. The number of carboxylic acid groups (broad SMARTS) is 1. The van der Waals surface area contributed by atoms with Gasteiger partial charge in [0.15, 0.2) is 0 Å². The molecule has 0 radical (unpaired) electrons. The molecule has 1 saturated heterocycles. The zero-order valence-electron chi connectivity index (χ0n) is 11.4. The molecule has 0 saturated carbocycles. The van der Waals surface area contributed by atoms with E-state index < -0.39 is 12.0 Å². The van der Waals surface area contributed by atoms with Crippen LogP contribution in [0.25, 0.3) is 0 Å². The second kappa shape index (κ2) is 5.88. The van der Waals surface area contributed by atoms with Crippen molar-refractivity contribution in [1.29, 1.82) is 0 Å². The van der Waals surface area contributed by atoms with Crippen LogP contribution in [-0.2, 0) is 11.3 Å². The first kappa shape index (κ1) is 13.5. The molecule has 8 nitrogen and oxygen atoms in total. The number of carbonyl (C=O) groups is 1. The van der Waals surface area contributed by atoms with E-state index in [0.29, 0.717) is 32.1 Å². The number of hydrogen-bond acceptors (Lipinski definition) is 6. The normalized spacial score (nSPS) is 19.6. The van der Waals surface area contributed by atoms with Crippen LogP contribution in [0.2, 0.25) is 0 Å². The van der Waals surface area contributed by atoms with Gasteiger partial charge in [0.2, 0.25) is 5.95 Å². The molecule has 1 aliphatic heterocycles. The van der Waals surface area contributed by atoms with Crippen LogP contribution >= 0.6 is 0 Å². The van der Waals surface area contributed by atoms with Gasteiger partial charge in [-0.3, -0.25) is 9.69 Å². The molecule has 21 heavy (non-hydrogen) atoms. The molecule has 0 bridgehead atoms. The van der Waals surface area contributed by atoms with Crippen LogP contribution in [0.15, 0.2) is 31.0 Å². The van der Waals surface area contributed by atoms with Crippen LogP contribution in [0.1, 0.15) is 5.69 Å². The molecule has 2 aromatic rings. The fraction of sp³-hybridized carbons (Fsp3) is 0.385. The van der Waals surface area contributed by atoms with Gasteiger partial charge in [0.05, 0.1) is 6.33 Å². The zero-order valence-corrected chi connectivity index (χ0v) is 11.4. The topological polar surface area (TPSA) is 98.2 Å². The van der Waals surface area contributed by atoms with Crippen molar-refractivity contribution in [2.75, 3.05) is 24.5 Å². The molecule has 110 valence electrons. The van der Waals surface area contributed by atoms with Crippen LogP contribution < -0.4 is 4.90 Å². The number of aromatic amines is 1. The van der Waals surface area contributed by atoms with Crippen LogP contribution in [0.5, 0.6) is 0 Å². The molecule has 3 heterocycles. The van der Waals surface area contributed by atoms with E-state index in [1.807, 2.05) is 9.80 Å². The van der Waals surface area contributed by atoms with Gasteiger partial charge in [0.1, 0.15) is 6.04 Å². The highest BCUT2D eigenvalue weighted by atomic mass is 16.4. The van der Waals surface area contributed by atoms with E-state index in [1.54, 1.807) is 31.0 Å². The van der Waals surface area contributed by atoms with Crippen molar-refractivity contribution in [2.45, 2.75) is 12.6 Å². The summed E-state index contributed by atoms with van der Waals surface area (Å²) in [6.45, 7) is 2.24. The largest absolute Gasteiger partial charge is 0.480 e. The summed E-state index contributed by atoms with van der Waals surface area (Å²) >= 11 is 0. The molecule has 2 N–H and O–H groups in total. The average Bonchev–Trinajstić information content (AvgIpc) is 3.01. The molecule has 1 atom stereocenters. The maximum Gasteiger partial charge on any atom is 0.322 e. The van der Waals surface area contributed by atoms with Crippen LogP contribution in [0.4, 0.5) is 5.95 Å². The Morgan fingerprint density at radius 2 is 2.19 bits per heavy atom. The summed E-state index contributed by atoms with van der Waals surface area (Å²) in [6.07, 6.45) is 6.63. The van der Waals surface area contributed by atoms with Crippen molar-refractivity contribution in [3.8, 4) is 0 Å². The number of nitrogens with one attached hydrogen (secondary N) is 1. The number of aliphatic carboxylic acids is 1. The molecular weight excluding hydrogens is 272 g/mol. The predicted octanol–water partition coefficient (Wildman–Crippen LogP) is -0.0249. The summed E-state index contributed by atoms with van der Waals surface area (Å²) in [5.41, 5.74) is 0.908. The van der Waals surface area contributed by atoms with Crippen LogP contribution in [0, 0.1) is 0 Å². The Hall–Kier alpha value is -2.48. The third-order valence-electron chi connectivity index (χ3n) is 3.54. The zero-order chi connectivity index (χ0) is 14.7. The molecule has 1 fully saturated rings. The maximum atomic E-state index is 11.5. The van der Waals surface area contributed by atoms with Crippen LogP contribution in [0.3, 0.4) is 0 Å². The Labute approximate surface area is 121 Å². The summed E-state index contributed by atoms with van der Waals surface area (Å²) < 4.78 is 0. The Morgan fingerprint density at radius 3 is 2.86 bits per heavy atom. The van der Waals surface area contributed by atoms with Gasteiger partial charge in [-0.15, -0.1) is 0 Å². The number of carboxylic acids is 1. The number of rotatable bonds is 4. The molecule has 0 spiro atoms. The second-order valence-electron chi connectivity index (χ2n) is 4.90. The van der Waals surface area contributed by atoms with Crippen molar-refractivity contribution in [1.82, 2.24) is 24.8 Å². The van der Waals surface area contributed by atoms with Crippen molar-refractivity contribution in [3.63, 3.8) is 0 Å². The van der Waals surface area contributed by atoms with Gasteiger partial charge in [-0.1, -0.05) is 0 Å². The number of H-pyrrole nitrogens is 1. The highest BCUT2D eigenvalue weighted by Gasteiger charge is 2.33. The smallest absolute Gasteiger partial charge is 0.322 e. The van der Waals surface area contributed by atoms with Gasteiger partial charge >= 0.3 is 5.97 Å². The van der Waals surface area contributed by atoms with E-state index in [1.165, 1.54) is 0 Å². The van der Waals surface area contributed by atoms with Gasteiger partial charge in [0, 0.05) is 50.5 Å². The lowest BCUT2D eigenvalue weighted by molar-refractivity contribution is -0.143. The number of imidazole rings is 1. The standard InChI is InChI=1S/C13H16N6O2/c20-12(21)11-8-19(13-15-2-1-3-16-13)5-4-18(11)7-10-6-14-9-17-10/h1-3,6,9,11H,4-5,7-8H2,(H,14,17)(H,20,21)/t11-/m0/s1. The molecule has 0 amide bonds. The molecule has 3 rings (SSSR count). The Bertz CT molecular complexity index is 588. The quantitative estimate of drug-likeness (QED) is 0.815. The Morgan fingerprint density at radius 1 is 1.38 bits per heavy atom. The SMILES string of the molecule is O=C(O)[C@@H]1CN(c2ncccn2)CCN1Cc1cnc[nH]1. The molecule has 0 aromatic carbocycles. The van der Waals surface area contributed by atoms with E-state index in [4.69, 9.17) is 0 Å². The predicted molar refractivity (Wildman–Crippen MR) is 74.7 cm³/mol. The van der Waals surface area contributed by atoms with Crippen molar-refractivity contribution in [3.05, 3.63) is 36.7 Å². The van der Waals surface area contributed by atoms with Crippen LogP contribution in [-0.4, -0.2) is 61.6 Å². The van der Waals surface area contributed by atoms with Gasteiger partial charge in [0.25, 0.3) is 0 Å². The van der Waals surface area contributed by atoms with E-state index in [-0.39, 0.29) is 0 Å². The molecule has 0 unspecified atom stereocenters. The summed E-state index contributed by atoms with van der Waals surface area (Å²) in [7, 11) is 0. The summed E-state index contributed by atoms with van der Waals surface area (Å²) in [5, 5.41) is 9.47. The number of hydrogen-bond donors (Lipinski definition) is 2. The molecule has 2 aromatic heterocycles. The number of piperazine rings is 1. The second-order valence-corrected chi connectivity index (χ2v) is 4.90. The molecular formula is C13H16N6O2. The monoisotopic (exact) mass is 288 g/mol. The number of aromatic nitrogens is 4. The van der Waals surface area contributed by atoms with Crippen molar-refractivity contribution >= 4 is 11.9 Å². The number of nitrogens with zero attached hydrogens (tertiary/aromatic N) is 5. The fourth-order valence-electron chi connectivity index (χ4n) is 2.47. The third-order valence-corrected chi connectivity index (χ3v) is 3.54. The first-order valence-corrected chi connectivity index (χ1v) is 6.70. The van der Waals surface area contributed by atoms with E-state index in [0.717, 1.165) is 5.69 Å². The summed E-state index contributed by atoms with van der Waals surface area (Å²) in [6, 6.07) is 1.15. The van der Waals surface area contributed by atoms with Gasteiger partial charge in [-0.2, -0.15) is 0 Å². The molecule has 8 heteroatoms. The lowest BCUT2D eigenvalue weighted by Gasteiger charge is -2.38. The fourth-order valence-corrected chi connectivity index (χ4v) is 2.47. The summed E-state index contributed by atoms with van der Waals surface area (Å²) in [5.74, 6) is -0.264. The minimum absolute atomic E-state index is 0.369. The van der Waals surface area contributed by atoms with Gasteiger partial charge < -0.3 is 15.0 Å². The third kappa shape index (κ3) is 3.00. The van der Waals surface area contributed by atoms with E-state index in [2.05, 4.69) is 19.9 Å². The maximum absolute atomic E-state index is 11.5.